The summed E-state index contributed by atoms with van der Waals surface area (Å²) in [4.78, 5) is 18.1. The summed E-state index contributed by atoms with van der Waals surface area (Å²) in [7, 11) is 1.63. The first-order chi connectivity index (χ1) is 17.4. The highest BCUT2D eigenvalue weighted by Gasteiger charge is 2.27. The van der Waals surface area contributed by atoms with Crippen LogP contribution in [0.4, 0.5) is 5.69 Å². The molecule has 2 heterocycles. The van der Waals surface area contributed by atoms with Gasteiger partial charge in [-0.3, -0.25) is 4.99 Å². The molecule has 6 nitrogen and oxygen atoms in total. The number of thiophene rings is 1. The van der Waals surface area contributed by atoms with Gasteiger partial charge in [-0.15, -0.1) is 11.3 Å². The van der Waals surface area contributed by atoms with Gasteiger partial charge in [0.25, 0.3) is 0 Å². The van der Waals surface area contributed by atoms with Gasteiger partial charge in [0.2, 0.25) is 0 Å². The number of aromatic nitrogens is 1. The number of rotatable bonds is 7. The van der Waals surface area contributed by atoms with Gasteiger partial charge < -0.3 is 19.1 Å². The summed E-state index contributed by atoms with van der Waals surface area (Å²) in [5, 5.41) is 10.8. The molecule has 184 valence electrons. The number of nitrogens with zero attached hydrogens (tertiary/aromatic N) is 2. The fraction of sp³-hybridized carbons (Fsp3) is 0.241. The van der Waals surface area contributed by atoms with Crippen molar-refractivity contribution in [2.45, 2.75) is 39.5 Å². The van der Waals surface area contributed by atoms with E-state index in [1.807, 2.05) is 68.6 Å². The Bertz CT molecular complexity index is 1450. The first kappa shape index (κ1) is 23.9. The van der Waals surface area contributed by atoms with Gasteiger partial charge >= 0.3 is 5.97 Å². The van der Waals surface area contributed by atoms with Gasteiger partial charge in [0.15, 0.2) is 0 Å². The molecule has 7 heteroatoms. The number of benzene rings is 2. The molecule has 5 rings (SSSR count). The van der Waals surface area contributed by atoms with E-state index in [1.54, 1.807) is 18.4 Å². The summed E-state index contributed by atoms with van der Waals surface area (Å²) in [6.07, 6.45) is 5.82. The maximum Gasteiger partial charge on any atom is 0.339 e. The number of methoxy groups -OCH3 is 1. The third kappa shape index (κ3) is 4.66. The van der Waals surface area contributed by atoms with Crippen LogP contribution in [0, 0.1) is 13.8 Å². The zero-order valence-electron chi connectivity index (χ0n) is 20.6. The Morgan fingerprint density at radius 1 is 1.03 bits per heavy atom. The Morgan fingerprint density at radius 3 is 2.53 bits per heavy atom. The second-order valence-corrected chi connectivity index (χ2v) is 9.97. The topological polar surface area (TPSA) is 73.0 Å². The van der Waals surface area contributed by atoms with Gasteiger partial charge in [-0.05, 0) is 87.6 Å². The van der Waals surface area contributed by atoms with Gasteiger partial charge in [-0.1, -0.05) is 6.07 Å². The Balaban J connectivity index is 1.38. The van der Waals surface area contributed by atoms with Gasteiger partial charge in [0.05, 0.1) is 18.4 Å². The Morgan fingerprint density at radius 2 is 1.78 bits per heavy atom. The minimum absolute atomic E-state index is 0.464. The van der Waals surface area contributed by atoms with Crippen LogP contribution >= 0.6 is 11.3 Å². The van der Waals surface area contributed by atoms with Gasteiger partial charge in [-0.25, -0.2) is 4.79 Å². The molecule has 2 aromatic heterocycles. The number of aromatic carboxylic acids is 1. The molecule has 0 amide bonds. The smallest absolute Gasteiger partial charge is 0.339 e. The molecule has 0 bridgehead atoms. The quantitative estimate of drug-likeness (QED) is 0.271. The minimum Gasteiger partial charge on any atom is -0.497 e. The average molecular weight is 501 g/mol. The van der Waals surface area contributed by atoms with Crippen LogP contribution in [0.15, 0.2) is 59.6 Å². The van der Waals surface area contributed by atoms with Gasteiger partial charge in [0, 0.05) is 34.1 Å². The lowest BCUT2D eigenvalue weighted by atomic mass is 9.95. The van der Waals surface area contributed by atoms with Crippen LogP contribution in [0.2, 0.25) is 0 Å². The highest BCUT2D eigenvalue weighted by atomic mass is 32.1. The molecule has 1 N–H and O–H groups in total. The largest absolute Gasteiger partial charge is 0.497 e. The maximum atomic E-state index is 12.2. The molecule has 0 atom stereocenters. The van der Waals surface area contributed by atoms with E-state index >= 15 is 0 Å². The minimum atomic E-state index is -0.844. The summed E-state index contributed by atoms with van der Waals surface area (Å²) in [5.41, 5.74) is 5.23. The lowest BCUT2D eigenvalue weighted by molar-refractivity contribution is 0.0696. The molecule has 36 heavy (non-hydrogen) atoms. The van der Waals surface area contributed by atoms with E-state index < -0.39 is 5.97 Å². The molecule has 1 aliphatic rings. The molecule has 1 aliphatic carbocycles. The maximum absolute atomic E-state index is 12.2. The molecule has 0 unspecified atom stereocenters. The number of aliphatic imine (C=N–C) groups is 1. The Labute approximate surface area is 214 Å². The normalized spacial score (nSPS) is 13.1. The van der Waals surface area contributed by atoms with Crippen LogP contribution in [0.5, 0.6) is 17.2 Å². The highest BCUT2D eigenvalue weighted by Crippen LogP contribution is 2.38. The first-order valence-corrected chi connectivity index (χ1v) is 12.8. The van der Waals surface area contributed by atoms with E-state index in [0.29, 0.717) is 17.1 Å². The fourth-order valence-electron chi connectivity index (χ4n) is 4.71. The van der Waals surface area contributed by atoms with Crippen molar-refractivity contribution in [2.75, 3.05) is 7.11 Å². The zero-order valence-corrected chi connectivity index (χ0v) is 21.4. The number of carboxylic acids is 1. The third-order valence-electron chi connectivity index (χ3n) is 6.51. The SMILES string of the molecule is COc1cccc(Oc2ccc(N=Cc3cc(C)n(-c4sc5c(c4C(=O)O)CCCC5)c3C)cc2)c1. The van der Waals surface area contributed by atoms with Crippen molar-refractivity contribution >= 4 is 29.2 Å². The second kappa shape index (κ2) is 10.0. The molecule has 2 aromatic carbocycles. The number of fused-ring (bicyclic) bond motifs is 1. The molecule has 0 spiro atoms. The van der Waals surface area contributed by atoms with Crippen molar-refractivity contribution in [1.82, 2.24) is 4.57 Å². The molecule has 0 fully saturated rings. The number of aryl methyl sites for hydroxylation is 2. The number of carbonyl (C=O) groups is 1. The lowest BCUT2D eigenvalue weighted by Crippen LogP contribution is -2.09. The molecular formula is C29H28N2O4S. The van der Waals surface area contributed by atoms with Crippen LogP contribution in [0.1, 0.15) is 50.6 Å². The summed E-state index contributed by atoms with van der Waals surface area (Å²) < 4.78 is 13.2. The van der Waals surface area contributed by atoms with Gasteiger partial charge in [-0.2, -0.15) is 0 Å². The Kier molecular flexibility index (Phi) is 6.65. The highest BCUT2D eigenvalue weighted by molar-refractivity contribution is 7.15. The molecule has 0 saturated heterocycles. The molecule has 0 aliphatic heterocycles. The van der Waals surface area contributed by atoms with Crippen LogP contribution in [-0.4, -0.2) is 29.0 Å². The molecule has 0 radical (unpaired) electrons. The van der Waals surface area contributed by atoms with E-state index in [1.165, 1.54) is 4.88 Å². The number of ether oxygens (including phenoxy) is 2. The number of hydrogen-bond acceptors (Lipinski definition) is 5. The van der Waals surface area contributed by atoms with E-state index in [2.05, 4.69) is 15.6 Å². The van der Waals surface area contributed by atoms with Crippen molar-refractivity contribution in [2.24, 2.45) is 4.99 Å². The van der Waals surface area contributed by atoms with Crippen molar-refractivity contribution in [3.8, 4) is 22.2 Å². The average Bonchev–Trinajstić information content (AvgIpc) is 3.39. The molecule has 0 saturated carbocycles. The van der Waals surface area contributed by atoms with Gasteiger partial charge in [0.1, 0.15) is 22.2 Å². The van der Waals surface area contributed by atoms with Crippen LogP contribution < -0.4 is 9.47 Å². The predicted octanol–water partition coefficient (Wildman–Crippen LogP) is 7.28. The predicted molar refractivity (Wildman–Crippen MR) is 143 cm³/mol. The monoisotopic (exact) mass is 500 g/mol. The summed E-state index contributed by atoms with van der Waals surface area (Å²) in [6, 6.07) is 17.1. The lowest BCUT2D eigenvalue weighted by Gasteiger charge is -2.11. The van der Waals surface area contributed by atoms with Crippen LogP contribution in [0.3, 0.4) is 0 Å². The molecular weight excluding hydrogens is 472 g/mol. The standard InChI is InChI=1S/C29H28N2O4S/c1-18-15-20(19(2)31(18)28-27(29(32)33)25-9-4-5-10-26(25)36-28)17-30-21-11-13-22(14-12-21)35-24-8-6-7-23(16-24)34-3/h6-8,11-17H,4-5,9-10H2,1-3H3,(H,32,33). The summed E-state index contributed by atoms with van der Waals surface area (Å²) >= 11 is 1.62. The van der Waals surface area contributed by atoms with E-state index in [4.69, 9.17) is 9.47 Å². The van der Waals surface area contributed by atoms with Crippen molar-refractivity contribution < 1.29 is 19.4 Å². The van der Waals surface area contributed by atoms with Crippen LogP contribution in [-0.2, 0) is 12.8 Å². The molecule has 4 aromatic rings. The summed E-state index contributed by atoms with van der Waals surface area (Å²) in [5.74, 6) is 1.31. The van der Waals surface area contributed by atoms with E-state index in [9.17, 15) is 9.90 Å². The van der Waals surface area contributed by atoms with Crippen LogP contribution in [0.25, 0.3) is 5.00 Å². The number of carboxylic acid groups (broad SMARTS) is 1. The van der Waals surface area contributed by atoms with Crippen molar-refractivity contribution in [3.05, 3.63) is 87.6 Å². The van der Waals surface area contributed by atoms with Crippen molar-refractivity contribution in [3.63, 3.8) is 0 Å². The Hall–Kier alpha value is -3.84. The first-order valence-electron chi connectivity index (χ1n) is 12.0. The van der Waals surface area contributed by atoms with Crippen molar-refractivity contribution in [1.29, 1.82) is 0 Å². The number of hydrogen-bond donors (Lipinski definition) is 1. The van der Waals surface area contributed by atoms with E-state index in [-0.39, 0.29) is 0 Å². The second-order valence-electron chi connectivity index (χ2n) is 8.89. The zero-order chi connectivity index (χ0) is 25.2. The summed E-state index contributed by atoms with van der Waals surface area (Å²) in [6.45, 7) is 4.03. The third-order valence-corrected chi connectivity index (χ3v) is 7.78. The van der Waals surface area contributed by atoms with E-state index in [0.717, 1.165) is 64.6 Å². The fourth-order valence-corrected chi connectivity index (χ4v) is 6.20.